The third-order valence-electron chi connectivity index (χ3n) is 4.37. The van der Waals surface area contributed by atoms with Crippen LogP contribution in [0.4, 0.5) is 0 Å². The van der Waals surface area contributed by atoms with Gasteiger partial charge in [-0.05, 0) is 30.4 Å². The average molecular weight is 273 g/mol. The molecule has 1 nitrogen and oxygen atoms in total. The molecule has 1 aliphatic rings. The van der Waals surface area contributed by atoms with Crippen LogP contribution in [0.15, 0.2) is 36.4 Å². The number of benzene rings is 2. The smallest absolute Gasteiger partial charge is 0.169 e. The summed E-state index contributed by atoms with van der Waals surface area (Å²) in [6, 6.07) is 11.6. The predicted molar refractivity (Wildman–Crippen MR) is 79.9 cm³/mol. The Kier molecular flexibility index (Phi) is 3.10. The lowest BCUT2D eigenvalue weighted by molar-refractivity contribution is 0.0825. The Bertz CT molecular complexity index is 639. The first-order valence-corrected chi connectivity index (χ1v) is 7.22. The zero-order valence-electron chi connectivity index (χ0n) is 11.1. The predicted octanol–water partition coefficient (Wildman–Crippen LogP) is 5.26. The minimum absolute atomic E-state index is 0.184. The fourth-order valence-corrected chi connectivity index (χ4v) is 3.40. The van der Waals surface area contributed by atoms with Crippen molar-refractivity contribution in [2.45, 2.75) is 32.6 Å². The molecule has 0 atom stereocenters. The van der Waals surface area contributed by atoms with Crippen molar-refractivity contribution in [3.8, 4) is 0 Å². The molecule has 3 rings (SSSR count). The lowest BCUT2D eigenvalue weighted by Gasteiger charge is -2.22. The minimum Gasteiger partial charge on any atom is -0.294 e. The van der Waals surface area contributed by atoms with Crippen LogP contribution in [0.3, 0.4) is 0 Å². The van der Waals surface area contributed by atoms with Gasteiger partial charge in [0.25, 0.3) is 0 Å². The molecule has 0 radical (unpaired) electrons. The molecule has 0 N–H and O–H groups in total. The van der Waals surface area contributed by atoms with Crippen LogP contribution in [-0.2, 0) is 0 Å². The Morgan fingerprint density at radius 1 is 1.05 bits per heavy atom. The highest BCUT2D eigenvalue weighted by Gasteiger charge is 2.37. The normalized spacial score (nSPS) is 17.8. The number of Topliss-reactive ketones (excluding diaryl/α,β-unsaturated/α-hetero) is 1. The van der Waals surface area contributed by atoms with Crippen LogP contribution in [-0.4, -0.2) is 5.78 Å². The van der Waals surface area contributed by atoms with E-state index in [0.717, 1.165) is 42.0 Å². The van der Waals surface area contributed by atoms with Crippen molar-refractivity contribution in [1.29, 1.82) is 0 Å². The monoisotopic (exact) mass is 272 g/mol. The van der Waals surface area contributed by atoms with Gasteiger partial charge in [-0.15, -0.1) is 0 Å². The maximum Gasteiger partial charge on any atom is 0.169 e. The second-order valence-corrected chi connectivity index (χ2v) is 6.14. The van der Waals surface area contributed by atoms with E-state index in [1.165, 1.54) is 0 Å². The molecule has 0 aliphatic heterocycles. The van der Waals surface area contributed by atoms with Gasteiger partial charge in [0.1, 0.15) is 0 Å². The Hall–Kier alpha value is -1.34. The summed E-state index contributed by atoms with van der Waals surface area (Å²) < 4.78 is 0. The summed E-state index contributed by atoms with van der Waals surface area (Å²) in [6.07, 6.45) is 4.33. The molecule has 0 heterocycles. The van der Waals surface area contributed by atoms with Gasteiger partial charge in [-0.2, -0.15) is 0 Å². The zero-order valence-corrected chi connectivity index (χ0v) is 11.8. The molecule has 0 bridgehead atoms. The molecule has 1 aliphatic carbocycles. The Morgan fingerprint density at radius 2 is 1.68 bits per heavy atom. The summed E-state index contributed by atoms with van der Waals surface area (Å²) in [7, 11) is 0. The molecule has 2 aromatic carbocycles. The first kappa shape index (κ1) is 12.7. The highest BCUT2D eigenvalue weighted by molar-refractivity contribution is 6.36. The summed E-state index contributed by atoms with van der Waals surface area (Å²) in [5, 5.41) is 2.66. The number of carbonyl (C=O) groups is 1. The molecule has 1 saturated carbocycles. The summed E-state index contributed by atoms with van der Waals surface area (Å²) in [5.74, 6) is 0.276. The van der Waals surface area contributed by atoms with E-state index >= 15 is 0 Å². The Labute approximate surface area is 118 Å². The molecule has 19 heavy (non-hydrogen) atoms. The average Bonchev–Trinajstić information content (AvgIpc) is 2.87. The van der Waals surface area contributed by atoms with Gasteiger partial charge in [0.05, 0.1) is 0 Å². The van der Waals surface area contributed by atoms with E-state index in [2.05, 4.69) is 6.92 Å². The summed E-state index contributed by atoms with van der Waals surface area (Å²) in [4.78, 5) is 12.9. The Balaban J connectivity index is 2.15. The summed E-state index contributed by atoms with van der Waals surface area (Å²) in [6.45, 7) is 2.10. The molecule has 0 amide bonds. The van der Waals surface area contributed by atoms with Gasteiger partial charge in [-0.25, -0.2) is 0 Å². The SMILES string of the molecule is CC1(C(=O)c2ccc(Cl)c3ccccc23)CCCC1. The number of hydrogen-bond acceptors (Lipinski definition) is 1. The number of carbonyl (C=O) groups excluding carboxylic acids is 1. The van der Waals surface area contributed by atoms with E-state index in [0.29, 0.717) is 5.02 Å². The van der Waals surface area contributed by atoms with Crippen molar-refractivity contribution in [2.24, 2.45) is 5.41 Å². The fourth-order valence-electron chi connectivity index (χ4n) is 3.17. The number of halogens is 1. The molecule has 2 heteroatoms. The lowest BCUT2D eigenvalue weighted by atomic mass is 9.79. The molecule has 0 saturated heterocycles. The van der Waals surface area contributed by atoms with Gasteiger partial charge < -0.3 is 0 Å². The van der Waals surface area contributed by atoms with Gasteiger partial charge >= 0.3 is 0 Å². The molecular weight excluding hydrogens is 256 g/mol. The minimum atomic E-state index is -0.184. The van der Waals surface area contributed by atoms with Crippen LogP contribution in [0, 0.1) is 5.41 Å². The second-order valence-electron chi connectivity index (χ2n) is 5.74. The van der Waals surface area contributed by atoms with Crippen LogP contribution >= 0.6 is 11.6 Å². The van der Waals surface area contributed by atoms with E-state index < -0.39 is 0 Å². The number of rotatable bonds is 2. The maximum atomic E-state index is 12.9. The van der Waals surface area contributed by atoms with Crippen LogP contribution < -0.4 is 0 Å². The molecule has 0 unspecified atom stereocenters. The number of ketones is 1. The van der Waals surface area contributed by atoms with Gasteiger partial charge in [-0.1, -0.05) is 55.6 Å². The van der Waals surface area contributed by atoms with Crippen molar-refractivity contribution >= 4 is 28.2 Å². The van der Waals surface area contributed by atoms with Crippen molar-refractivity contribution in [3.63, 3.8) is 0 Å². The third-order valence-corrected chi connectivity index (χ3v) is 4.70. The van der Waals surface area contributed by atoms with Crippen molar-refractivity contribution in [2.75, 3.05) is 0 Å². The van der Waals surface area contributed by atoms with Gasteiger partial charge in [0, 0.05) is 21.4 Å². The van der Waals surface area contributed by atoms with Crippen LogP contribution in [0.25, 0.3) is 10.8 Å². The topological polar surface area (TPSA) is 17.1 Å². The first-order chi connectivity index (χ1) is 9.12. The van der Waals surface area contributed by atoms with E-state index in [9.17, 15) is 4.79 Å². The van der Waals surface area contributed by atoms with E-state index in [1.54, 1.807) is 0 Å². The van der Waals surface area contributed by atoms with Crippen LogP contribution in [0.1, 0.15) is 43.0 Å². The summed E-state index contributed by atoms with van der Waals surface area (Å²) >= 11 is 6.22. The highest BCUT2D eigenvalue weighted by atomic mass is 35.5. The molecule has 98 valence electrons. The third kappa shape index (κ3) is 2.06. The lowest BCUT2D eigenvalue weighted by Crippen LogP contribution is -2.24. The number of hydrogen-bond donors (Lipinski definition) is 0. The maximum absolute atomic E-state index is 12.9. The molecular formula is C17H17ClO. The molecule has 2 aromatic rings. The van der Waals surface area contributed by atoms with Crippen LogP contribution in [0.2, 0.25) is 5.02 Å². The van der Waals surface area contributed by atoms with Gasteiger partial charge in [-0.3, -0.25) is 4.79 Å². The summed E-state index contributed by atoms with van der Waals surface area (Å²) in [5.41, 5.74) is 0.640. The largest absolute Gasteiger partial charge is 0.294 e. The van der Waals surface area contributed by atoms with Crippen molar-refractivity contribution < 1.29 is 4.79 Å². The van der Waals surface area contributed by atoms with Gasteiger partial charge in [0.2, 0.25) is 0 Å². The second kappa shape index (κ2) is 4.64. The van der Waals surface area contributed by atoms with E-state index in [4.69, 9.17) is 11.6 Å². The van der Waals surface area contributed by atoms with E-state index in [1.807, 2.05) is 36.4 Å². The standard InChI is InChI=1S/C17H17ClO/c1-17(10-4-5-11-17)16(19)14-8-9-15(18)13-7-3-2-6-12(13)14/h2-3,6-9H,4-5,10-11H2,1H3. The zero-order chi connectivity index (χ0) is 13.5. The van der Waals surface area contributed by atoms with Crippen LogP contribution in [0.5, 0.6) is 0 Å². The first-order valence-electron chi connectivity index (χ1n) is 6.84. The molecule has 0 spiro atoms. The molecule has 0 aromatic heterocycles. The fraction of sp³-hybridized carbons (Fsp3) is 0.353. The van der Waals surface area contributed by atoms with Crippen molar-refractivity contribution in [3.05, 3.63) is 47.0 Å². The quantitative estimate of drug-likeness (QED) is 0.682. The van der Waals surface area contributed by atoms with Gasteiger partial charge in [0.15, 0.2) is 5.78 Å². The number of fused-ring (bicyclic) bond motifs is 1. The van der Waals surface area contributed by atoms with Crippen molar-refractivity contribution in [1.82, 2.24) is 0 Å². The van der Waals surface area contributed by atoms with E-state index in [-0.39, 0.29) is 11.2 Å². The molecule has 1 fully saturated rings. The highest BCUT2D eigenvalue weighted by Crippen LogP contribution is 2.41. The Morgan fingerprint density at radius 3 is 2.37 bits per heavy atom.